The summed E-state index contributed by atoms with van der Waals surface area (Å²) >= 11 is 0. The fourth-order valence-corrected chi connectivity index (χ4v) is 3.14. The normalized spacial score (nSPS) is 26.1. The van der Waals surface area contributed by atoms with Gasteiger partial charge in [-0.05, 0) is 38.0 Å². The highest BCUT2D eigenvalue weighted by Crippen LogP contribution is 2.43. The number of alkyl halides is 3. The van der Waals surface area contributed by atoms with Crippen LogP contribution in [0.15, 0.2) is 12.7 Å². The van der Waals surface area contributed by atoms with Crippen LogP contribution < -0.4 is 5.73 Å². The lowest BCUT2D eigenvalue weighted by Crippen LogP contribution is -2.43. The summed E-state index contributed by atoms with van der Waals surface area (Å²) in [5, 5.41) is 0. The van der Waals surface area contributed by atoms with Crippen molar-refractivity contribution in [3.63, 3.8) is 0 Å². The Morgan fingerprint density at radius 2 is 1.84 bits per heavy atom. The fraction of sp³-hybridized carbons (Fsp3) is 0.867. The summed E-state index contributed by atoms with van der Waals surface area (Å²) in [6.07, 6.45) is 4.98. The van der Waals surface area contributed by atoms with Crippen molar-refractivity contribution in [1.82, 2.24) is 0 Å². The van der Waals surface area contributed by atoms with E-state index in [9.17, 15) is 13.2 Å². The number of nitrogens with two attached hydrogens (primary N) is 1. The Morgan fingerprint density at radius 1 is 1.16 bits per heavy atom. The van der Waals surface area contributed by atoms with E-state index in [0.29, 0.717) is 19.3 Å². The highest BCUT2D eigenvalue weighted by molar-refractivity contribution is 4.86. The number of rotatable bonds is 7. The first-order valence-corrected chi connectivity index (χ1v) is 7.40. The topological polar surface area (TPSA) is 26.0 Å². The first-order valence-electron chi connectivity index (χ1n) is 7.40. The van der Waals surface area contributed by atoms with Gasteiger partial charge in [-0.15, -0.1) is 6.58 Å². The molecule has 0 aromatic rings. The SMILES string of the molecule is C=CCCCCCC(N)C1CCCCC1C(F)(F)F. The number of allylic oxidation sites excluding steroid dienone is 1. The van der Waals surface area contributed by atoms with E-state index in [1.807, 2.05) is 6.08 Å². The molecular weight excluding hydrogens is 251 g/mol. The van der Waals surface area contributed by atoms with Gasteiger partial charge in [-0.1, -0.05) is 31.8 Å². The molecule has 0 aromatic carbocycles. The van der Waals surface area contributed by atoms with Crippen molar-refractivity contribution in [2.75, 3.05) is 0 Å². The van der Waals surface area contributed by atoms with E-state index in [4.69, 9.17) is 5.73 Å². The molecule has 19 heavy (non-hydrogen) atoms. The third-order valence-electron chi connectivity index (χ3n) is 4.24. The molecule has 0 bridgehead atoms. The molecule has 1 aliphatic rings. The van der Waals surface area contributed by atoms with Gasteiger partial charge in [0.2, 0.25) is 0 Å². The predicted molar refractivity (Wildman–Crippen MR) is 72.8 cm³/mol. The Bertz CT molecular complexity index is 263. The molecule has 3 atom stereocenters. The van der Waals surface area contributed by atoms with Crippen LogP contribution in [-0.2, 0) is 0 Å². The predicted octanol–water partition coefficient (Wildman–Crippen LogP) is 4.82. The lowest BCUT2D eigenvalue weighted by molar-refractivity contribution is -0.198. The second-order valence-corrected chi connectivity index (χ2v) is 5.69. The fourth-order valence-electron chi connectivity index (χ4n) is 3.14. The first-order chi connectivity index (χ1) is 8.96. The number of unbranched alkanes of at least 4 members (excludes halogenated alkanes) is 3. The minimum absolute atomic E-state index is 0.262. The molecule has 0 saturated heterocycles. The molecule has 1 saturated carbocycles. The third-order valence-corrected chi connectivity index (χ3v) is 4.24. The third kappa shape index (κ3) is 5.55. The maximum absolute atomic E-state index is 13.0. The van der Waals surface area contributed by atoms with Crippen LogP contribution >= 0.6 is 0 Å². The van der Waals surface area contributed by atoms with E-state index in [2.05, 4.69) is 6.58 Å². The molecule has 0 aliphatic heterocycles. The van der Waals surface area contributed by atoms with Gasteiger partial charge in [-0.25, -0.2) is 0 Å². The van der Waals surface area contributed by atoms with Crippen LogP contribution in [0.4, 0.5) is 13.2 Å². The Hall–Kier alpha value is -0.510. The molecule has 112 valence electrons. The Kier molecular flexibility index (Phi) is 6.90. The number of hydrogen-bond acceptors (Lipinski definition) is 1. The van der Waals surface area contributed by atoms with Crippen LogP contribution in [0.3, 0.4) is 0 Å². The molecule has 0 heterocycles. The van der Waals surface area contributed by atoms with Crippen molar-refractivity contribution in [1.29, 1.82) is 0 Å². The molecule has 0 aromatic heterocycles. The maximum Gasteiger partial charge on any atom is 0.392 e. The van der Waals surface area contributed by atoms with Crippen molar-refractivity contribution in [3.05, 3.63) is 12.7 Å². The van der Waals surface area contributed by atoms with Crippen molar-refractivity contribution in [2.24, 2.45) is 17.6 Å². The van der Waals surface area contributed by atoms with E-state index in [1.165, 1.54) is 0 Å². The van der Waals surface area contributed by atoms with Gasteiger partial charge in [0.25, 0.3) is 0 Å². The van der Waals surface area contributed by atoms with Crippen LogP contribution in [0.5, 0.6) is 0 Å². The molecule has 0 spiro atoms. The van der Waals surface area contributed by atoms with Gasteiger partial charge >= 0.3 is 6.18 Å². The zero-order valence-electron chi connectivity index (χ0n) is 11.6. The Balaban J connectivity index is 2.39. The second kappa shape index (κ2) is 7.93. The van der Waals surface area contributed by atoms with Crippen molar-refractivity contribution < 1.29 is 13.2 Å². The molecule has 1 fully saturated rings. The van der Waals surface area contributed by atoms with E-state index in [0.717, 1.165) is 32.1 Å². The molecular formula is C15H26F3N. The highest BCUT2D eigenvalue weighted by Gasteiger charge is 2.46. The highest BCUT2D eigenvalue weighted by atomic mass is 19.4. The summed E-state index contributed by atoms with van der Waals surface area (Å²) < 4.78 is 38.9. The largest absolute Gasteiger partial charge is 0.392 e. The minimum atomic E-state index is -4.08. The maximum atomic E-state index is 13.0. The second-order valence-electron chi connectivity index (χ2n) is 5.69. The van der Waals surface area contributed by atoms with Gasteiger partial charge in [0, 0.05) is 6.04 Å². The molecule has 3 unspecified atom stereocenters. The zero-order chi connectivity index (χ0) is 14.3. The molecule has 0 amide bonds. The van der Waals surface area contributed by atoms with Crippen molar-refractivity contribution >= 4 is 0 Å². The average Bonchev–Trinajstić information content (AvgIpc) is 2.37. The lowest BCUT2D eigenvalue weighted by atomic mass is 9.74. The zero-order valence-corrected chi connectivity index (χ0v) is 11.6. The molecule has 2 N–H and O–H groups in total. The molecule has 0 radical (unpaired) electrons. The minimum Gasteiger partial charge on any atom is -0.327 e. The van der Waals surface area contributed by atoms with Gasteiger partial charge in [-0.3, -0.25) is 0 Å². The van der Waals surface area contributed by atoms with Crippen LogP contribution in [0, 0.1) is 11.8 Å². The monoisotopic (exact) mass is 277 g/mol. The van der Waals surface area contributed by atoms with Gasteiger partial charge in [-0.2, -0.15) is 13.2 Å². The van der Waals surface area contributed by atoms with E-state index < -0.39 is 12.1 Å². The molecule has 1 nitrogen and oxygen atoms in total. The molecule has 1 rings (SSSR count). The van der Waals surface area contributed by atoms with Crippen LogP contribution in [0.2, 0.25) is 0 Å². The van der Waals surface area contributed by atoms with Gasteiger partial charge in [0.15, 0.2) is 0 Å². The first kappa shape index (κ1) is 16.5. The van der Waals surface area contributed by atoms with Gasteiger partial charge < -0.3 is 5.73 Å². The smallest absolute Gasteiger partial charge is 0.327 e. The van der Waals surface area contributed by atoms with E-state index >= 15 is 0 Å². The number of hydrogen-bond donors (Lipinski definition) is 1. The van der Waals surface area contributed by atoms with E-state index in [1.54, 1.807) is 0 Å². The van der Waals surface area contributed by atoms with Crippen LogP contribution in [-0.4, -0.2) is 12.2 Å². The standard InChI is InChI=1S/C15H26F3N/c1-2-3-4-5-6-11-14(19)12-9-7-8-10-13(12)15(16,17)18/h2,12-14H,1,3-11,19H2. The van der Waals surface area contributed by atoms with Crippen molar-refractivity contribution in [3.8, 4) is 0 Å². The summed E-state index contributed by atoms with van der Waals surface area (Å²) in [7, 11) is 0. The quantitative estimate of drug-likeness (QED) is 0.524. The summed E-state index contributed by atoms with van der Waals surface area (Å²) in [5.74, 6) is -1.54. The summed E-state index contributed by atoms with van der Waals surface area (Å²) in [5.41, 5.74) is 6.03. The average molecular weight is 277 g/mol. The Labute approximate surface area is 114 Å². The van der Waals surface area contributed by atoms with Crippen LogP contribution in [0.1, 0.15) is 57.8 Å². The number of halogens is 3. The van der Waals surface area contributed by atoms with Crippen LogP contribution in [0.25, 0.3) is 0 Å². The summed E-state index contributed by atoms with van der Waals surface area (Å²) in [6.45, 7) is 3.65. The molecule has 1 aliphatic carbocycles. The summed E-state index contributed by atoms with van der Waals surface area (Å²) in [6, 6.07) is -0.296. The Morgan fingerprint density at radius 3 is 2.47 bits per heavy atom. The van der Waals surface area contributed by atoms with E-state index in [-0.39, 0.29) is 18.4 Å². The molecule has 4 heteroatoms. The van der Waals surface area contributed by atoms with Crippen molar-refractivity contribution in [2.45, 2.75) is 70.0 Å². The lowest BCUT2D eigenvalue weighted by Gasteiger charge is -2.36. The van der Waals surface area contributed by atoms with Gasteiger partial charge in [0.05, 0.1) is 5.92 Å². The summed E-state index contributed by atoms with van der Waals surface area (Å²) in [4.78, 5) is 0. The van der Waals surface area contributed by atoms with Gasteiger partial charge in [0.1, 0.15) is 0 Å².